The third kappa shape index (κ3) is 2.16. The first-order valence-electron chi connectivity index (χ1n) is 6.05. The molecule has 0 unspecified atom stereocenters. The van der Waals surface area contributed by atoms with Gasteiger partial charge < -0.3 is 0 Å². The van der Waals surface area contributed by atoms with E-state index in [9.17, 15) is 4.79 Å². The maximum atomic E-state index is 12.0. The standard InChI is InChI=1S/C12H17BrN4O/c1-4-15-6-7-16(12(15)18)8-10-11(13)9(3)14-17(10)5-2/h6-7H,4-5,8H2,1-3H3. The maximum Gasteiger partial charge on any atom is 0.328 e. The van der Waals surface area contributed by atoms with Crippen LogP contribution in [-0.4, -0.2) is 18.9 Å². The topological polar surface area (TPSA) is 44.8 Å². The van der Waals surface area contributed by atoms with Crippen molar-refractivity contribution in [1.29, 1.82) is 0 Å². The highest BCUT2D eigenvalue weighted by Crippen LogP contribution is 2.21. The lowest BCUT2D eigenvalue weighted by atomic mass is 10.3. The number of aromatic nitrogens is 4. The van der Waals surface area contributed by atoms with Crippen LogP contribution < -0.4 is 5.69 Å². The lowest BCUT2D eigenvalue weighted by Crippen LogP contribution is -2.24. The molecule has 2 aromatic heterocycles. The zero-order chi connectivity index (χ0) is 13.3. The molecule has 0 aromatic carbocycles. The maximum absolute atomic E-state index is 12.0. The zero-order valence-electron chi connectivity index (χ0n) is 10.9. The van der Waals surface area contributed by atoms with E-state index in [0.29, 0.717) is 13.1 Å². The molecule has 0 atom stereocenters. The monoisotopic (exact) mass is 312 g/mol. The molecule has 0 aliphatic rings. The minimum Gasteiger partial charge on any atom is -0.300 e. The Labute approximate surface area is 114 Å². The first-order chi connectivity index (χ1) is 8.58. The molecule has 6 heteroatoms. The van der Waals surface area contributed by atoms with Gasteiger partial charge in [-0.05, 0) is 36.7 Å². The van der Waals surface area contributed by atoms with Crippen LogP contribution in [0.5, 0.6) is 0 Å². The number of hydrogen-bond donors (Lipinski definition) is 0. The summed E-state index contributed by atoms with van der Waals surface area (Å²) in [6.45, 7) is 8.00. The summed E-state index contributed by atoms with van der Waals surface area (Å²) in [5, 5.41) is 4.43. The zero-order valence-corrected chi connectivity index (χ0v) is 12.4. The summed E-state index contributed by atoms with van der Waals surface area (Å²) < 4.78 is 6.31. The predicted octanol–water partition coefficient (Wildman–Crippen LogP) is 2.01. The molecule has 0 fully saturated rings. The fourth-order valence-corrected chi connectivity index (χ4v) is 2.41. The normalized spacial score (nSPS) is 11.1. The van der Waals surface area contributed by atoms with Gasteiger partial charge in [0.1, 0.15) is 0 Å². The fourth-order valence-electron chi connectivity index (χ4n) is 2.00. The third-order valence-corrected chi connectivity index (χ3v) is 4.06. The van der Waals surface area contributed by atoms with E-state index in [1.165, 1.54) is 0 Å². The second-order valence-corrected chi connectivity index (χ2v) is 4.95. The Balaban J connectivity index is 2.39. The molecule has 0 amide bonds. The summed E-state index contributed by atoms with van der Waals surface area (Å²) in [5.74, 6) is 0. The van der Waals surface area contributed by atoms with Crippen molar-refractivity contribution in [3.63, 3.8) is 0 Å². The van der Waals surface area contributed by atoms with Gasteiger partial charge in [-0.25, -0.2) is 4.79 Å². The molecule has 98 valence electrons. The molecule has 18 heavy (non-hydrogen) atoms. The van der Waals surface area contributed by atoms with Gasteiger partial charge in [0, 0.05) is 25.5 Å². The van der Waals surface area contributed by atoms with Crippen LogP contribution in [0.2, 0.25) is 0 Å². The summed E-state index contributed by atoms with van der Waals surface area (Å²) in [7, 11) is 0. The van der Waals surface area contributed by atoms with Crippen molar-refractivity contribution in [3.8, 4) is 0 Å². The van der Waals surface area contributed by atoms with Gasteiger partial charge in [-0.1, -0.05) is 0 Å². The second kappa shape index (κ2) is 5.14. The van der Waals surface area contributed by atoms with Gasteiger partial charge in [-0.3, -0.25) is 13.8 Å². The highest BCUT2D eigenvalue weighted by Gasteiger charge is 2.13. The minimum absolute atomic E-state index is 0.0194. The predicted molar refractivity (Wildman–Crippen MR) is 73.8 cm³/mol. The van der Waals surface area contributed by atoms with Crippen molar-refractivity contribution >= 4 is 15.9 Å². The summed E-state index contributed by atoms with van der Waals surface area (Å²) in [6.07, 6.45) is 3.64. The lowest BCUT2D eigenvalue weighted by Gasteiger charge is -2.05. The smallest absolute Gasteiger partial charge is 0.300 e. The van der Waals surface area contributed by atoms with E-state index < -0.39 is 0 Å². The molecule has 2 rings (SSSR count). The van der Waals surface area contributed by atoms with E-state index in [0.717, 1.165) is 22.4 Å². The van der Waals surface area contributed by atoms with Crippen LogP contribution in [0.4, 0.5) is 0 Å². The quantitative estimate of drug-likeness (QED) is 0.867. The molecule has 0 saturated heterocycles. The van der Waals surface area contributed by atoms with Crippen LogP contribution >= 0.6 is 15.9 Å². The van der Waals surface area contributed by atoms with E-state index in [1.807, 2.05) is 37.8 Å². The van der Waals surface area contributed by atoms with Crippen molar-refractivity contribution in [2.75, 3.05) is 0 Å². The summed E-state index contributed by atoms with van der Waals surface area (Å²) in [6, 6.07) is 0. The third-order valence-electron chi connectivity index (χ3n) is 3.03. The summed E-state index contributed by atoms with van der Waals surface area (Å²) >= 11 is 3.54. The fraction of sp³-hybridized carbons (Fsp3) is 0.500. The highest BCUT2D eigenvalue weighted by molar-refractivity contribution is 9.10. The Kier molecular flexibility index (Phi) is 3.75. The van der Waals surface area contributed by atoms with Gasteiger partial charge in [-0.2, -0.15) is 5.10 Å². The van der Waals surface area contributed by atoms with Gasteiger partial charge in [-0.15, -0.1) is 0 Å². The van der Waals surface area contributed by atoms with Crippen molar-refractivity contribution < 1.29 is 0 Å². The van der Waals surface area contributed by atoms with Crippen LogP contribution in [0, 0.1) is 6.92 Å². The Bertz CT molecular complexity index is 608. The van der Waals surface area contributed by atoms with E-state index in [-0.39, 0.29) is 5.69 Å². The molecular weight excluding hydrogens is 296 g/mol. The SMILES string of the molecule is CCn1nc(C)c(Br)c1Cn1ccn(CC)c1=O. The average Bonchev–Trinajstić information content (AvgIpc) is 2.85. The molecule has 0 radical (unpaired) electrons. The van der Waals surface area contributed by atoms with Crippen LogP contribution in [0.1, 0.15) is 25.2 Å². The molecule has 0 bridgehead atoms. The molecule has 0 N–H and O–H groups in total. The largest absolute Gasteiger partial charge is 0.328 e. The number of halogens is 1. The molecule has 2 aromatic rings. The molecule has 2 heterocycles. The van der Waals surface area contributed by atoms with Gasteiger partial charge in [0.2, 0.25) is 0 Å². The first kappa shape index (κ1) is 13.1. The van der Waals surface area contributed by atoms with Crippen LogP contribution in [0.25, 0.3) is 0 Å². The van der Waals surface area contributed by atoms with Gasteiger partial charge in [0.25, 0.3) is 0 Å². The van der Waals surface area contributed by atoms with E-state index >= 15 is 0 Å². The van der Waals surface area contributed by atoms with E-state index in [2.05, 4.69) is 21.0 Å². The van der Waals surface area contributed by atoms with Crippen molar-refractivity contribution in [3.05, 3.63) is 38.7 Å². The number of nitrogens with zero attached hydrogens (tertiary/aromatic N) is 4. The molecule has 0 aliphatic heterocycles. The summed E-state index contributed by atoms with van der Waals surface area (Å²) in [5.41, 5.74) is 2.01. The van der Waals surface area contributed by atoms with Gasteiger partial charge in [0.05, 0.1) is 22.4 Å². The average molecular weight is 313 g/mol. The van der Waals surface area contributed by atoms with Crippen molar-refractivity contribution in [2.24, 2.45) is 0 Å². The number of imidazole rings is 1. The number of rotatable bonds is 4. The van der Waals surface area contributed by atoms with Crippen LogP contribution in [-0.2, 0) is 19.6 Å². The Hall–Kier alpha value is -1.30. The molecule has 0 aliphatic carbocycles. The molecule has 0 spiro atoms. The highest BCUT2D eigenvalue weighted by atomic mass is 79.9. The Morgan fingerprint density at radius 2 is 1.89 bits per heavy atom. The second-order valence-electron chi connectivity index (χ2n) is 4.16. The summed E-state index contributed by atoms with van der Waals surface area (Å²) in [4.78, 5) is 12.0. The number of hydrogen-bond acceptors (Lipinski definition) is 2. The van der Waals surface area contributed by atoms with E-state index in [4.69, 9.17) is 0 Å². The van der Waals surface area contributed by atoms with Crippen LogP contribution in [0.3, 0.4) is 0 Å². The van der Waals surface area contributed by atoms with Crippen LogP contribution in [0.15, 0.2) is 21.7 Å². The van der Waals surface area contributed by atoms with Crippen molar-refractivity contribution in [2.45, 2.75) is 40.4 Å². The number of aryl methyl sites for hydroxylation is 3. The Morgan fingerprint density at radius 3 is 2.44 bits per heavy atom. The first-order valence-corrected chi connectivity index (χ1v) is 6.85. The Morgan fingerprint density at radius 1 is 1.22 bits per heavy atom. The van der Waals surface area contributed by atoms with Gasteiger partial charge >= 0.3 is 5.69 Å². The minimum atomic E-state index is 0.0194. The molecule has 5 nitrogen and oxygen atoms in total. The molecular formula is C12H17BrN4O. The lowest BCUT2D eigenvalue weighted by molar-refractivity contribution is 0.582. The van der Waals surface area contributed by atoms with Crippen molar-refractivity contribution in [1.82, 2.24) is 18.9 Å². The molecule has 0 saturated carbocycles. The van der Waals surface area contributed by atoms with E-state index in [1.54, 1.807) is 9.13 Å². The van der Waals surface area contributed by atoms with Gasteiger partial charge in [0.15, 0.2) is 0 Å².